The van der Waals surface area contributed by atoms with Gasteiger partial charge in [0.1, 0.15) is 18.9 Å². The van der Waals surface area contributed by atoms with Crippen molar-refractivity contribution in [1.29, 1.82) is 5.26 Å². The number of hydrogen-bond donors (Lipinski definition) is 0. The van der Waals surface area contributed by atoms with Crippen LogP contribution >= 0.6 is 0 Å². The first-order valence-corrected chi connectivity index (χ1v) is 5.72. The van der Waals surface area contributed by atoms with Gasteiger partial charge in [-0.2, -0.15) is 5.26 Å². The molecule has 1 heterocycles. The normalized spacial score (nSPS) is 9.85. The van der Waals surface area contributed by atoms with E-state index in [1.54, 1.807) is 24.3 Å². The molecular weight excluding hydrogens is 260 g/mol. The molecule has 2 aromatic rings. The van der Waals surface area contributed by atoms with Gasteiger partial charge in [0.15, 0.2) is 17.3 Å². The van der Waals surface area contributed by atoms with Gasteiger partial charge in [0.25, 0.3) is 5.82 Å². The van der Waals surface area contributed by atoms with Crippen molar-refractivity contribution in [2.24, 2.45) is 0 Å². The molecule has 102 valence electrons. The van der Waals surface area contributed by atoms with E-state index in [0.717, 1.165) is 0 Å². The van der Waals surface area contributed by atoms with Crippen LogP contribution in [0.25, 0.3) is 0 Å². The van der Waals surface area contributed by atoms with E-state index in [1.165, 1.54) is 25.2 Å². The van der Waals surface area contributed by atoms with Crippen LogP contribution in [-0.2, 0) is 6.54 Å². The topological polar surface area (TPSA) is 90.0 Å². The lowest BCUT2D eigenvalue weighted by Crippen LogP contribution is -2.11. The minimum absolute atomic E-state index is 0.00413. The molecule has 0 aliphatic carbocycles. The van der Waals surface area contributed by atoms with Crippen LogP contribution in [0.3, 0.4) is 0 Å². The highest BCUT2D eigenvalue weighted by atomic mass is 16.5. The second kappa shape index (κ2) is 5.84. The Morgan fingerprint density at radius 3 is 2.70 bits per heavy atom. The molecule has 20 heavy (non-hydrogen) atoms. The van der Waals surface area contributed by atoms with Crippen LogP contribution < -0.4 is 9.47 Å². The number of ether oxygens (including phenoxy) is 2. The van der Waals surface area contributed by atoms with Crippen LogP contribution in [-0.4, -0.2) is 34.8 Å². The molecular formula is C13H12N4O3. The van der Waals surface area contributed by atoms with Crippen LogP contribution in [0.5, 0.6) is 11.5 Å². The van der Waals surface area contributed by atoms with E-state index in [2.05, 4.69) is 10.1 Å². The maximum absolute atomic E-state index is 12.1. The third kappa shape index (κ3) is 2.75. The molecule has 1 aromatic carbocycles. The summed E-state index contributed by atoms with van der Waals surface area (Å²) in [6.45, 7) is 0.00413. The largest absolute Gasteiger partial charge is 0.493 e. The number of aromatic nitrogens is 3. The molecule has 0 unspecified atom stereocenters. The van der Waals surface area contributed by atoms with E-state index in [-0.39, 0.29) is 18.2 Å². The fourth-order valence-corrected chi connectivity index (χ4v) is 1.67. The third-order valence-electron chi connectivity index (χ3n) is 2.65. The first kappa shape index (κ1) is 13.5. The van der Waals surface area contributed by atoms with Crippen molar-refractivity contribution in [3.8, 4) is 17.6 Å². The van der Waals surface area contributed by atoms with E-state index >= 15 is 0 Å². The summed E-state index contributed by atoms with van der Waals surface area (Å²) in [5, 5.41) is 12.5. The van der Waals surface area contributed by atoms with E-state index in [4.69, 9.17) is 14.7 Å². The lowest BCUT2D eigenvalue weighted by Gasteiger charge is -2.08. The highest BCUT2D eigenvalue weighted by molar-refractivity contribution is 5.96. The van der Waals surface area contributed by atoms with Gasteiger partial charge in [-0.3, -0.25) is 4.79 Å². The van der Waals surface area contributed by atoms with E-state index in [1.807, 2.05) is 0 Å². The number of methoxy groups -OCH3 is 2. The zero-order valence-corrected chi connectivity index (χ0v) is 11.0. The Balaban J connectivity index is 2.19. The predicted octanol–water partition coefficient (Wildman–Crippen LogP) is 1.05. The molecule has 0 atom stereocenters. The molecule has 0 amide bonds. The molecule has 0 aliphatic rings. The molecule has 0 saturated heterocycles. The number of nitriles is 1. The van der Waals surface area contributed by atoms with E-state index in [9.17, 15) is 4.79 Å². The summed E-state index contributed by atoms with van der Waals surface area (Å²) in [6.07, 6.45) is 1.34. The summed E-state index contributed by atoms with van der Waals surface area (Å²) < 4.78 is 11.6. The van der Waals surface area contributed by atoms with E-state index in [0.29, 0.717) is 17.1 Å². The number of carbonyl (C=O) groups is 1. The van der Waals surface area contributed by atoms with Crippen molar-refractivity contribution in [3.63, 3.8) is 0 Å². The van der Waals surface area contributed by atoms with Gasteiger partial charge in [-0.1, -0.05) is 0 Å². The van der Waals surface area contributed by atoms with Crippen molar-refractivity contribution >= 4 is 5.78 Å². The SMILES string of the molecule is COc1ccc(C(=O)Cn2cnc(C#N)n2)cc1OC. The van der Waals surface area contributed by atoms with Gasteiger partial charge < -0.3 is 9.47 Å². The molecule has 0 bridgehead atoms. The predicted molar refractivity (Wildman–Crippen MR) is 68.6 cm³/mol. The average molecular weight is 272 g/mol. The summed E-state index contributed by atoms with van der Waals surface area (Å²) in [5.74, 6) is 0.900. The first-order valence-electron chi connectivity index (χ1n) is 5.72. The van der Waals surface area contributed by atoms with Gasteiger partial charge in [0, 0.05) is 5.56 Å². The Morgan fingerprint density at radius 1 is 1.35 bits per heavy atom. The Morgan fingerprint density at radius 2 is 2.10 bits per heavy atom. The molecule has 0 spiro atoms. The van der Waals surface area contributed by atoms with Crippen LogP contribution in [0.15, 0.2) is 24.5 Å². The fraction of sp³-hybridized carbons (Fsp3) is 0.231. The number of Topliss-reactive ketones (excluding diaryl/α,β-unsaturated/α-hetero) is 1. The summed E-state index contributed by atoms with van der Waals surface area (Å²) in [6, 6.07) is 6.71. The molecule has 0 N–H and O–H groups in total. The Hall–Kier alpha value is -2.88. The zero-order valence-electron chi connectivity index (χ0n) is 11.0. The highest BCUT2D eigenvalue weighted by Gasteiger charge is 2.12. The van der Waals surface area contributed by atoms with Crippen molar-refractivity contribution in [3.05, 3.63) is 35.9 Å². The van der Waals surface area contributed by atoms with Gasteiger partial charge in [-0.05, 0) is 18.2 Å². The number of nitrogens with zero attached hydrogens (tertiary/aromatic N) is 4. The van der Waals surface area contributed by atoms with Crippen LogP contribution in [0, 0.1) is 11.3 Å². The van der Waals surface area contributed by atoms with Crippen LogP contribution in [0.4, 0.5) is 0 Å². The first-order chi connectivity index (χ1) is 9.67. The van der Waals surface area contributed by atoms with Gasteiger partial charge in [0.05, 0.1) is 14.2 Å². The summed E-state index contributed by atoms with van der Waals surface area (Å²) in [5.41, 5.74) is 0.469. The van der Waals surface area contributed by atoms with Gasteiger partial charge in [-0.15, -0.1) is 5.10 Å². The monoisotopic (exact) mass is 272 g/mol. The molecule has 7 nitrogen and oxygen atoms in total. The van der Waals surface area contributed by atoms with Crippen molar-refractivity contribution in [2.75, 3.05) is 14.2 Å². The van der Waals surface area contributed by atoms with Crippen molar-refractivity contribution in [2.45, 2.75) is 6.54 Å². The second-order valence-corrected chi connectivity index (χ2v) is 3.87. The van der Waals surface area contributed by atoms with Crippen molar-refractivity contribution in [1.82, 2.24) is 14.8 Å². The minimum Gasteiger partial charge on any atom is -0.493 e. The Bertz CT molecular complexity index is 672. The van der Waals surface area contributed by atoms with Gasteiger partial charge in [-0.25, -0.2) is 9.67 Å². The zero-order chi connectivity index (χ0) is 14.5. The van der Waals surface area contributed by atoms with Crippen LogP contribution in [0.1, 0.15) is 16.2 Å². The molecule has 0 fully saturated rings. The highest BCUT2D eigenvalue weighted by Crippen LogP contribution is 2.27. The molecule has 7 heteroatoms. The average Bonchev–Trinajstić information content (AvgIpc) is 2.94. The summed E-state index contributed by atoms with van der Waals surface area (Å²) in [4.78, 5) is 15.8. The summed E-state index contributed by atoms with van der Waals surface area (Å²) in [7, 11) is 3.03. The van der Waals surface area contributed by atoms with Crippen LogP contribution in [0.2, 0.25) is 0 Å². The quantitative estimate of drug-likeness (QED) is 0.756. The maximum Gasteiger partial charge on any atom is 0.252 e. The molecule has 0 radical (unpaired) electrons. The number of carbonyl (C=O) groups excluding carboxylic acids is 1. The Kier molecular flexibility index (Phi) is 3.96. The maximum atomic E-state index is 12.1. The van der Waals surface area contributed by atoms with Gasteiger partial charge >= 0.3 is 0 Å². The number of hydrogen-bond acceptors (Lipinski definition) is 6. The number of rotatable bonds is 5. The lowest BCUT2D eigenvalue weighted by atomic mass is 10.1. The molecule has 2 rings (SSSR count). The molecule has 0 aliphatic heterocycles. The third-order valence-corrected chi connectivity index (χ3v) is 2.65. The Labute approximate surface area is 115 Å². The minimum atomic E-state index is -0.166. The second-order valence-electron chi connectivity index (χ2n) is 3.87. The number of benzene rings is 1. The van der Waals surface area contributed by atoms with Crippen molar-refractivity contribution < 1.29 is 14.3 Å². The molecule has 1 aromatic heterocycles. The fourth-order valence-electron chi connectivity index (χ4n) is 1.67. The molecule has 0 saturated carbocycles. The van der Waals surface area contributed by atoms with Gasteiger partial charge in [0.2, 0.25) is 0 Å². The van der Waals surface area contributed by atoms with E-state index < -0.39 is 0 Å². The lowest BCUT2D eigenvalue weighted by molar-refractivity contribution is 0.0967. The number of ketones is 1. The summed E-state index contributed by atoms with van der Waals surface area (Å²) >= 11 is 0. The standard InChI is InChI=1S/C13H12N4O3/c1-19-11-4-3-9(5-12(11)20-2)10(18)7-17-8-15-13(6-14)16-17/h3-5,8H,7H2,1-2H3. The smallest absolute Gasteiger partial charge is 0.252 e.